The highest BCUT2D eigenvalue weighted by Crippen LogP contribution is 2.15. The summed E-state index contributed by atoms with van der Waals surface area (Å²) in [7, 11) is 0. The molecule has 2 rings (SSSR count). The van der Waals surface area contributed by atoms with Gasteiger partial charge in [0.2, 0.25) is 0 Å². The molecule has 0 aliphatic heterocycles. The minimum absolute atomic E-state index is 0.0616. The van der Waals surface area contributed by atoms with E-state index >= 15 is 0 Å². The van der Waals surface area contributed by atoms with Crippen LogP contribution in [0.25, 0.3) is 0 Å². The fourth-order valence-corrected chi connectivity index (χ4v) is 2.13. The van der Waals surface area contributed by atoms with Crippen molar-refractivity contribution >= 4 is 11.7 Å². The first-order chi connectivity index (χ1) is 10.0. The molecular formula is C17H20N2O2. The lowest BCUT2D eigenvalue weighted by molar-refractivity contribution is 0.0935. The lowest BCUT2D eigenvalue weighted by Gasteiger charge is -2.14. The number of benzene rings is 1. The molecule has 0 spiro atoms. The summed E-state index contributed by atoms with van der Waals surface area (Å²) >= 11 is 0. The molecule has 1 amide bonds. The van der Waals surface area contributed by atoms with E-state index in [-0.39, 0.29) is 17.7 Å². The molecule has 1 atom stereocenters. The zero-order chi connectivity index (χ0) is 15.4. The maximum absolute atomic E-state index is 12.1. The van der Waals surface area contributed by atoms with Crippen LogP contribution in [0.1, 0.15) is 58.8 Å². The summed E-state index contributed by atoms with van der Waals surface area (Å²) in [6.07, 6.45) is 2.55. The molecule has 1 heterocycles. The number of carbonyl (C=O) groups is 2. The Labute approximate surface area is 124 Å². The van der Waals surface area contributed by atoms with E-state index < -0.39 is 0 Å². The first kappa shape index (κ1) is 15.0. The molecule has 0 aliphatic rings. The molecule has 21 heavy (non-hydrogen) atoms. The normalized spacial score (nSPS) is 12.0. The molecule has 0 radical (unpaired) electrons. The number of aryl methyl sites for hydroxylation is 1. The summed E-state index contributed by atoms with van der Waals surface area (Å²) in [6, 6.07) is 9.68. The Balaban J connectivity index is 2.05. The Morgan fingerprint density at radius 1 is 1.24 bits per heavy atom. The Morgan fingerprint density at radius 2 is 1.90 bits per heavy atom. The van der Waals surface area contributed by atoms with Gasteiger partial charge in [-0.1, -0.05) is 31.2 Å². The van der Waals surface area contributed by atoms with Gasteiger partial charge in [0.25, 0.3) is 5.91 Å². The number of ketones is 1. The molecule has 1 aromatic heterocycles. The monoisotopic (exact) mass is 284 g/mol. The number of H-pyrrole nitrogens is 1. The second-order valence-corrected chi connectivity index (χ2v) is 5.15. The predicted octanol–water partition coefficient (Wildman–Crippen LogP) is 3.27. The maximum atomic E-state index is 12.1. The van der Waals surface area contributed by atoms with E-state index in [1.54, 1.807) is 12.3 Å². The predicted molar refractivity (Wildman–Crippen MR) is 82.5 cm³/mol. The van der Waals surface area contributed by atoms with Gasteiger partial charge < -0.3 is 10.3 Å². The van der Waals surface area contributed by atoms with Crippen molar-refractivity contribution < 1.29 is 9.59 Å². The van der Waals surface area contributed by atoms with Crippen molar-refractivity contribution in [1.82, 2.24) is 10.3 Å². The van der Waals surface area contributed by atoms with Gasteiger partial charge in [0.05, 0.1) is 6.04 Å². The van der Waals surface area contributed by atoms with Gasteiger partial charge in [-0.3, -0.25) is 9.59 Å². The average molecular weight is 284 g/mol. The standard InChI is InChI=1S/C17H20N2O2/c1-4-13-5-7-14(8-6-13)11(2)19-17(21)16-9-15(10-18-16)12(3)20/h5-11,18H,4H2,1-3H3,(H,19,21). The summed E-state index contributed by atoms with van der Waals surface area (Å²) < 4.78 is 0. The number of hydrogen-bond donors (Lipinski definition) is 2. The van der Waals surface area contributed by atoms with E-state index in [1.165, 1.54) is 12.5 Å². The minimum atomic E-state index is -0.213. The number of Topliss-reactive ketones (excluding diaryl/α,β-unsaturated/α-hetero) is 1. The second-order valence-electron chi connectivity index (χ2n) is 5.15. The Morgan fingerprint density at radius 3 is 2.43 bits per heavy atom. The topological polar surface area (TPSA) is 62.0 Å². The van der Waals surface area contributed by atoms with Crippen LogP contribution < -0.4 is 5.32 Å². The quantitative estimate of drug-likeness (QED) is 0.828. The van der Waals surface area contributed by atoms with E-state index in [2.05, 4.69) is 29.4 Å². The van der Waals surface area contributed by atoms with E-state index in [9.17, 15) is 9.59 Å². The number of amides is 1. The highest BCUT2D eigenvalue weighted by molar-refractivity contribution is 5.99. The first-order valence-corrected chi connectivity index (χ1v) is 7.10. The summed E-state index contributed by atoms with van der Waals surface area (Å²) in [6.45, 7) is 5.52. The van der Waals surface area contributed by atoms with Crippen LogP contribution in [0.5, 0.6) is 0 Å². The maximum Gasteiger partial charge on any atom is 0.268 e. The zero-order valence-electron chi connectivity index (χ0n) is 12.6. The van der Waals surface area contributed by atoms with Crippen LogP contribution in [0.15, 0.2) is 36.5 Å². The van der Waals surface area contributed by atoms with E-state index in [0.29, 0.717) is 11.3 Å². The van der Waals surface area contributed by atoms with Crippen LogP contribution in [0.3, 0.4) is 0 Å². The number of rotatable bonds is 5. The molecule has 4 nitrogen and oxygen atoms in total. The summed E-state index contributed by atoms with van der Waals surface area (Å²) in [4.78, 5) is 26.2. The van der Waals surface area contributed by atoms with Crippen molar-refractivity contribution in [3.8, 4) is 0 Å². The minimum Gasteiger partial charge on any atom is -0.356 e. The average Bonchev–Trinajstić information content (AvgIpc) is 2.97. The van der Waals surface area contributed by atoms with Gasteiger partial charge >= 0.3 is 0 Å². The van der Waals surface area contributed by atoms with Gasteiger partial charge in [0.15, 0.2) is 5.78 Å². The van der Waals surface area contributed by atoms with Gasteiger partial charge in [-0.15, -0.1) is 0 Å². The molecule has 0 fully saturated rings. The van der Waals surface area contributed by atoms with Crippen LogP contribution in [0, 0.1) is 0 Å². The number of hydrogen-bond acceptors (Lipinski definition) is 2. The van der Waals surface area contributed by atoms with E-state index in [1.807, 2.05) is 19.1 Å². The van der Waals surface area contributed by atoms with Crippen molar-refractivity contribution in [2.24, 2.45) is 0 Å². The first-order valence-electron chi connectivity index (χ1n) is 7.10. The SMILES string of the molecule is CCc1ccc(C(C)NC(=O)c2cc(C(C)=O)c[nH]2)cc1. The van der Waals surface area contributed by atoms with E-state index in [4.69, 9.17) is 0 Å². The van der Waals surface area contributed by atoms with Gasteiger partial charge in [0, 0.05) is 11.8 Å². The van der Waals surface area contributed by atoms with Gasteiger partial charge in [-0.25, -0.2) is 0 Å². The Hall–Kier alpha value is -2.36. The number of carbonyl (C=O) groups excluding carboxylic acids is 2. The largest absolute Gasteiger partial charge is 0.356 e. The molecule has 4 heteroatoms. The summed E-state index contributed by atoms with van der Waals surface area (Å²) in [5.41, 5.74) is 3.24. The number of aromatic nitrogens is 1. The molecule has 0 saturated heterocycles. The van der Waals surface area contributed by atoms with Crippen LogP contribution in [-0.4, -0.2) is 16.7 Å². The molecule has 2 aromatic rings. The van der Waals surface area contributed by atoms with Gasteiger partial charge in [-0.2, -0.15) is 0 Å². The van der Waals surface area contributed by atoms with Crippen molar-refractivity contribution in [1.29, 1.82) is 0 Å². The highest BCUT2D eigenvalue weighted by atomic mass is 16.2. The fraction of sp³-hybridized carbons (Fsp3) is 0.294. The van der Waals surface area contributed by atoms with Gasteiger partial charge in [0.1, 0.15) is 5.69 Å². The molecule has 2 N–H and O–H groups in total. The highest BCUT2D eigenvalue weighted by Gasteiger charge is 2.14. The third-order valence-corrected chi connectivity index (χ3v) is 3.57. The lowest BCUT2D eigenvalue weighted by atomic mass is 10.0. The van der Waals surface area contributed by atoms with Crippen LogP contribution in [0.2, 0.25) is 0 Å². The number of nitrogens with one attached hydrogen (secondary N) is 2. The van der Waals surface area contributed by atoms with Crippen molar-refractivity contribution in [2.45, 2.75) is 33.2 Å². The Kier molecular flexibility index (Phi) is 4.58. The third kappa shape index (κ3) is 3.60. The number of aromatic amines is 1. The lowest BCUT2D eigenvalue weighted by Crippen LogP contribution is -2.26. The Bertz CT molecular complexity index is 641. The van der Waals surface area contributed by atoms with E-state index in [0.717, 1.165) is 12.0 Å². The molecular weight excluding hydrogens is 264 g/mol. The molecule has 110 valence electrons. The van der Waals surface area contributed by atoms with Crippen LogP contribution in [0.4, 0.5) is 0 Å². The second kappa shape index (κ2) is 6.39. The molecule has 0 saturated carbocycles. The summed E-state index contributed by atoms with van der Waals surface area (Å²) in [5.74, 6) is -0.275. The van der Waals surface area contributed by atoms with Gasteiger partial charge in [-0.05, 0) is 37.5 Å². The van der Waals surface area contributed by atoms with Crippen LogP contribution in [-0.2, 0) is 6.42 Å². The summed E-state index contributed by atoms with van der Waals surface area (Å²) in [5, 5.41) is 2.92. The van der Waals surface area contributed by atoms with Crippen molar-refractivity contribution in [3.63, 3.8) is 0 Å². The smallest absolute Gasteiger partial charge is 0.268 e. The zero-order valence-corrected chi connectivity index (χ0v) is 12.6. The van der Waals surface area contributed by atoms with Crippen molar-refractivity contribution in [3.05, 3.63) is 58.9 Å². The van der Waals surface area contributed by atoms with Crippen molar-refractivity contribution in [2.75, 3.05) is 0 Å². The molecule has 1 aromatic carbocycles. The molecule has 0 bridgehead atoms. The fourth-order valence-electron chi connectivity index (χ4n) is 2.13. The van der Waals surface area contributed by atoms with Crippen LogP contribution >= 0.6 is 0 Å². The third-order valence-electron chi connectivity index (χ3n) is 3.57. The molecule has 0 aliphatic carbocycles. The molecule has 1 unspecified atom stereocenters.